The van der Waals surface area contributed by atoms with Crippen LogP contribution in [0.25, 0.3) is 28.5 Å². The van der Waals surface area contributed by atoms with Crippen LogP contribution < -0.4 is 10.6 Å². The fourth-order valence-corrected chi connectivity index (χ4v) is 5.42. The van der Waals surface area contributed by atoms with Crippen LogP contribution in [-0.2, 0) is 22.4 Å². The molecule has 1 heterocycles. The van der Waals surface area contributed by atoms with Gasteiger partial charge in [-0.2, -0.15) is 0 Å². The first kappa shape index (κ1) is 32.3. The number of nitrogens with one attached hydrogen (secondary N) is 2. The molecule has 2 aromatic carbocycles. The minimum atomic E-state index is -1.21. The first-order chi connectivity index (χ1) is 20.9. The number of amides is 2. The Morgan fingerprint density at radius 2 is 1.75 bits per heavy atom. The summed E-state index contributed by atoms with van der Waals surface area (Å²) in [6.45, 7) is 3.48. The number of hydrogen-bond acceptors (Lipinski definition) is 6. The van der Waals surface area contributed by atoms with Crippen molar-refractivity contribution in [1.82, 2.24) is 10.3 Å². The highest BCUT2D eigenvalue weighted by atomic mass is 19.1. The number of hydrogen-bond donors (Lipinski definition) is 6. The predicted molar refractivity (Wildman–Crippen MR) is 164 cm³/mol. The summed E-state index contributed by atoms with van der Waals surface area (Å²) >= 11 is 0. The highest BCUT2D eigenvalue weighted by Crippen LogP contribution is 2.42. The van der Waals surface area contributed by atoms with E-state index in [1.807, 2.05) is 26.0 Å². The van der Waals surface area contributed by atoms with Gasteiger partial charge >= 0.3 is 18.0 Å². The summed E-state index contributed by atoms with van der Waals surface area (Å²) in [5.74, 6) is -2.74. The first-order valence-electron chi connectivity index (χ1n) is 14.4. The second kappa shape index (κ2) is 14.2. The molecule has 2 amide bonds. The largest absolute Gasteiger partial charge is 0.481 e. The molecule has 10 nitrogen and oxygen atoms in total. The molecule has 1 aromatic heterocycles. The number of halogens is 1. The van der Waals surface area contributed by atoms with Crippen LogP contribution in [-0.4, -0.2) is 62.1 Å². The second-order valence-corrected chi connectivity index (χ2v) is 11.1. The van der Waals surface area contributed by atoms with Crippen molar-refractivity contribution in [2.45, 2.75) is 64.1 Å². The number of nitrogens with zero attached hydrogens (tertiary/aromatic N) is 1. The molecule has 0 saturated heterocycles. The number of aliphatic hydroxyl groups excluding tert-OH is 2. The average Bonchev–Trinajstić information content (AvgIpc) is 3.13. The van der Waals surface area contributed by atoms with Gasteiger partial charge in [-0.3, -0.25) is 14.6 Å². The number of carbonyl (C=O) groups is 3. The zero-order valence-corrected chi connectivity index (χ0v) is 24.5. The van der Waals surface area contributed by atoms with Crippen molar-refractivity contribution in [2.75, 3.05) is 11.9 Å². The highest BCUT2D eigenvalue weighted by Gasteiger charge is 2.26. The SMILES string of the molecule is CC(C)c1nc2c(c(-c3ccc(F)cc3)c1C=C[C@@H](O)C[C@@H](O)CC(=O)O)CCCc1cc(NC(=O)NCC(=O)O)ccc1-2. The molecule has 1 aliphatic rings. The monoisotopic (exact) mass is 605 g/mol. The second-order valence-electron chi connectivity index (χ2n) is 11.1. The third-order valence-corrected chi connectivity index (χ3v) is 7.35. The molecule has 0 bridgehead atoms. The van der Waals surface area contributed by atoms with Crippen LogP contribution >= 0.6 is 0 Å². The minimum absolute atomic E-state index is 0.0561. The van der Waals surface area contributed by atoms with Crippen molar-refractivity contribution >= 4 is 29.7 Å². The summed E-state index contributed by atoms with van der Waals surface area (Å²) in [7, 11) is 0. The smallest absolute Gasteiger partial charge is 0.323 e. The summed E-state index contributed by atoms with van der Waals surface area (Å²) in [4.78, 5) is 39.0. The maximum atomic E-state index is 14.0. The standard InChI is InChI=1S/C33H36FN3O7/c1-18(2)31-27(13-11-23(38)15-24(39)16-28(40)41)30(19-6-8-21(34)9-7-19)26-5-3-4-20-14-22(10-12-25(20)32(26)37-31)36-33(44)35-17-29(42)43/h6-14,18,23-24,38-39H,3-5,15-17H2,1-2H3,(H,40,41)(H,42,43)(H2,35,36,44)/t23-,24-/m1/s1. The molecule has 0 radical (unpaired) electrons. The lowest BCUT2D eigenvalue weighted by molar-refractivity contribution is -0.139. The van der Waals surface area contributed by atoms with E-state index in [-0.39, 0.29) is 18.2 Å². The normalized spacial score (nSPS) is 14.0. The number of fused-ring (bicyclic) bond motifs is 3. The van der Waals surface area contributed by atoms with E-state index in [0.717, 1.165) is 51.2 Å². The number of pyridine rings is 1. The number of carbonyl (C=O) groups excluding carboxylic acids is 1. The summed E-state index contributed by atoms with van der Waals surface area (Å²) in [5.41, 5.74) is 7.15. The topological polar surface area (TPSA) is 169 Å². The van der Waals surface area contributed by atoms with Gasteiger partial charge in [-0.25, -0.2) is 9.18 Å². The van der Waals surface area contributed by atoms with Crippen LogP contribution in [0, 0.1) is 5.82 Å². The van der Waals surface area contributed by atoms with Gasteiger partial charge in [0.05, 0.1) is 30.0 Å². The third-order valence-electron chi connectivity index (χ3n) is 7.35. The van der Waals surface area contributed by atoms with Gasteiger partial charge in [0.25, 0.3) is 0 Å². The summed E-state index contributed by atoms with van der Waals surface area (Å²) in [5, 5.41) is 43.3. The van der Waals surface area contributed by atoms with E-state index in [1.54, 1.807) is 24.3 Å². The number of urea groups is 1. The van der Waals surface area contributed by atoms with Gasteiger partial charge in [0, 0.05) is 23.2 Å². The molecular formula is C33H36FN3O7. The zero-order chi connectivity index (χ0) is 32.0. The number of aliphatic hydroxyl groups is 2. The highest BCUT2D eigenvalue weighted by molar-refractivity contribution is 5.92. The number of carboxylic acid groups (broad SMARTS) is 2. The molecule has 0 unspecified atom stereocenters. The lowest BCUT2D eigenvalue weighted by Gasteiger charge is -2.22. The van der Waals surface area contributed by atoms with E-state index in [2.05, 4.69) is 10.6 Å². The van der Waals surface area contributed by atoms with Gasteiger partial charge in [-0.1, -0.05) is 44.2 Å². The van der Waals surface area contributed by atoms with Gasteiger partial charge < -0.3 is 31.1 Å². The Bertz CT molecular complexity index is 1570. The zero-order valence-electron chi connectivity index (χ0n) is 24.5. The molecule has 0 fully saturated rings. The van der Waals surface area contributed by atoms with E-state index < -0.39 is 43.1 Å². The number of benzene rings is 2. The van der Waals surface area contributed by atoms with Crippen LogP contribution in [0.15, 0.2) is 48.5 Å². The molecule has 6 N–H and O–H groups in total. The summed E-state index contributed by atoms with van der Waals surface area (Å²) < 4.78 is 14.0. The Morgan fingerprint density at radius 1 is 1.02 bits per heavy atom. The van der Waals surface area contributed by atoms with Crippen molar-refractivity contribution in [3.63, 3.8) is 0 Å². The van der Waals surface area contributed by atoms with Crippen LogP contribution in [0.5, 0.6) is 0 Å². The van der Waals surface area contributed by atoms with Crippen molar-refractivity contribution in [1.29, 1.82) is 0 Å². The lowest BCUT2D eigenvalue weighted by Crippen LogP contribution is -2.33. The van der Waals surface area contributed by atoms with Crippen molar-refractivity contribution in [3.8, 4) is 22.4 Å². The molecule has 0 spiro atoms. The first-order valence-corrected chi connectivity index (χ1v) is 14.4. The molecule has 0 aliphatic heterocycles. The number of aromatic nitrogens is 1. The molecular weight excluding hydrogens is 569 g/mol. The number of aliphatic carboxylic acids is 2. The Hall–Kier alpha value is -4.61. The molecule has 1 aliphatic carbocycles. The van der Waals surface area contributed by atoms with Crippen molar-refractivity contribution in [2.24, 2.45) is 0 Å². The third kappa shape index (κ3) is 8.06. The minimum Gasteiger partial charge on any atom is -0.481 e. The number of rotatable bonds is 11. The Balaban J connectivity index is 1.82. The molecule has 4 rings (SSSR count). The summed E-state index contributed by atoms with van der Waals surface area (Å²) in [6, 6.07) is 11.0. The quantitative estimate of drug-likeness (QED) is 0.178. The van der Waals surface area contributed by atoms with Crippen LogP contribution in [0.1, 0.15) is 61.4 Å². The molecule has 2 atom stereocenters. The van der Waals surface area contributed by atoms with Gasteiger partial charge in [-0.05, 0) is 71.7 Å². The summed E-state index contributed by atoms with van der Waals surface area (Å²) in [6.07, 6.45) is 2.39. The van der Waals surface area contributed by atoms with Crippen LogP contribution in [0.2, 0.25) is 0 Å². The Labute approximate surface area is 254 Å². The molecule has 3 aromatic rings. The maximum Gasteiger partial charge on any atom is 0.323 e. The number of aryl methyl sites for hydroxylation is 1. The van der Waals surface area contributed by atoms with E-state index in [1.165, 1.54) is 18.2 Å². The average molecular weight is 606 g/mol. The van der Waals surface area contributed by atoms with Gasteiger partial charge in [0.1, 0.15) is 12.4 Å². The molecule has 0 saturated carbocycles. The molecule has 44 heavy (non-hydrogen) atoms. The number of anilines is 1. The van der Waals surface area contributed by atoms with Gasteiger partial charge in [0.2, 0.25) is 0 Å². The Kier molecular flexibility index (Phi) is 10.5. The lowest BCUT2D eigenvalue weighted by atomic mass is 9.86. The Morgan fingerprint density at radius 3 is 2.41 bits per heavy atom. The number of carboxylic acids is 2. The van der Waals surface area contributed by atoms with E-state index in [0.29, 0.717) is 18.5 Å². The van der Waals surface area contributed by atoms with Gasteiger partial charge in [-0.15, -0.1) is 0 Å². The van der Waals surface area contributed by atoms with Crippen molar-refractivity contribution < 1.29 is 39.2 Å². The van der Waals surface area contributed by atoms with Crippen molar-refractivity contribution in [3.05, 3.63) is 76.7 Å². The van der Waals surface area contributed by atoms with E-state index >= 15 is 0 Å². The molecule has 11 heteroatoms. The fraction of sp³-hybridized carbons (Fsp3) is 0.333. The van der Waals surface area contributed by atoms with Crippen LogP contribution in [0.3, 0.4) is 0 Å². The predicted octanol–water partition coefficient (Wildman–Crippen LogP) is 4.97. The van der Waals surface area contributed by atoms with Gasteiger partial charge in [0.15, 0.2) is 0 Å². The maximum absolute atomic E-state index is 14.0. The fourth-order valence-electron chi connectivity index (χ4n) is 5.42. The molecule has 232 valence electrons. The van der Waals surface area contributed by atoms with Crippen LogP contribution in [0.4, 0.5) is 14.9 Å². The van der Waals surface area contributed by atoms with E-state index in [4.69, 9.17) is 15.2 Å². The van der Waals surface area contributed by atoms with E-state index in [9.17, 15) is 29.0 Å².